The van der Waals surface area contributed by atoms with Crippen LogP contribution >= 0.6 is 23.2 Å². The van der Waals surface area contributed by atoms with Gasteiger partial charge < -0.3 is 4.90 Å². The molecule has 3 aliphatic rings. The van der Waals surface area contributed by atoms with Crippen LogP contribution < -0.4 is 10.2 Å². The summed E-state index contributed by atoms with van der Waals surface area (Å²) in [5.41, 5.74) is 3.41. The number of hydrogen-bond donors (Lipinski definition) is 1. The van der Waals surface area contributed by atoms with E-state index in [4.69, 9.17) is 23.2 Å². The average molecular weight is 489 g/mol. The lowest BCUT2D eigenvalue weighted by molar-refractivity contribution is -0.123. The number of halogens is 2. The molecule has 172 valence electrons. The highest BCUT2D eigenvalue weighted by molar-refractivity contribution is 6.38. The van der Waals surface area contributed by atoms with Crippen LogP contribution in [0.25, 0.3) is 0 Å². The predicted octanol–water partition coefficient (Wildman–Crippen LogP) is 2.52. The number of imide groups is 1. The van der Waals surface area contributed by atoms with E-state index in [9.17, 15) is 14.4 Å². The molecule has 0 unspecified atom stereocenters. The minimum atomic E-state index is -0.556. The van der Waals surface area contributed by atoms with E-state index in [-0.39, 0.29) is 24.8 Å². The number of rotatable bonds is 4. The van der Waals surface area contributed by atoms with Gasteiger partial charge in [0.2, 0.25) is 5.91 Å². The molecule has 0 spiro atoms. The molecule has 2 aromatic rings. The highest BCUT2D eigenvalue weighted by Crippen LogP contribution is 2.33. The van der Waals surface area contributed by atoms with Crippen LogP contribution in [0.1, 0.15) is 27.9 Å². The van der Waals surface area contributed by atoms with Gasteiger partial charge in [-0.3, -0.25) is 24.8 Å². The fourth-order valence-electron chi connectivity index (χ4n) is 4.53. The number of nitrogens with zero attached hydrogens (tertiary/aromatic N) is 5. The second kappa shape index (κ2) is 8.81. The monoisotopic (exact) mass is 488 g/mol. The van der Waals surface area contributed by atoms with Crippen LogP contribution in [0.4, 0.5) is 10.5 Å². The smallest absolute Gasteiger partial charge is 0.342 e. The minimum absolute atomic E-state index is 0.180. The van der Waals surface area contributed by atoms with Crippen LogP contribution in [0.5, 0.6) is 0 Å². The second-order valence-corrected chi connectivity index (χ2v) is 9.11. The van der Waals surface area contributed by atoms with Gasteiger partial charge in [-0.15, -0.1) is 0 Å². The highest BCUT2D eigenvalue weighted by Gasteiger charge is 2.37. The first-order valence-corrected chi connectivity index (χ1v) is 11.5. The van der Waals surface area contributed by atoms with E-state index in [2.05, 4.69) is 20.1 Å². The average Bonchev–Trinajstić information content (AvgIpc) is 3.10. The van der Waals surface area contributed by atoms with E-state index in [1.54, 1.807) is 12.4 Å². The van der Waals surface area contributed by atoms with E-state index < -0.39 is 6.03 Å². The van der Waals surface area contributed by atoms with Gasteiger partial charge >= 0.3 is 6.03 Å². The Kier molecular flexibility index (Phi) is 5.86. The Morgan fingerprint density at radius 3 is 2.36 bits per heavy atom. The van der Waals surface area contributed by atoms with E-state index in [0.29, 0.717) is 22.2 Å². The number of pyridine rings is 1. The standard InChI is InChI=1S/C22H22Cl2N6O3/c23-17-10-25-11-18(24)20(17)28-7-5-27(6-8-28)12-14-1-2-16-15(9-14)13-30(21(16)32)29-4-3-19(31)26-22(29)33/h1-2,9-11H,3-8,12-13H2,(H,26,31,33). The Hall–Kier alpha value is -2.88. The Labute approximate surface area is 200 Å². The summed E-state index contributed by atoms with van der Waals surface area (Å²) in [5.74, 6) is -0.544. The second-order valence-electron chi connectivity index (χ2n) is 8.30. The molecule has 33 heavy (non-hydrogen) atoms. The zero-order valence-corrected chi connectivity index (χ0v) is 19.3. The molecule has 5 rings (SSSR count). The van der Waals surface area contributed by atoms with Gasteiger partial charge in [-0.05, 0) is 17.2 Å². The SMILES string of the molecule is O=C1CCN(N2Cc3cc(CN4CCN(c5c(Cl)cncc5Cl)CC4)ccc3C2=O)C(=O)N1. The van der Waals surface area contributed by atoms with Crippen LogP contribution in [0.15, 0.2) is 30.6 Å². The van der Waals surface area contributed by atoms with Crippen molar-refractivity contribution in [3.05, 3.63) is 57.3 Å². The lowest BCUT2D eigenvalue weighted by atomic mass is 10.1. The first kappa shape index (κ1) is 21.9. The van der Waals surface area contributed by atoms with Crippen LogP contribution in [0.3, 0.4) is 0 Å². The van der Waals surface area contributed by atoms with Crippen LogP contribution in [-0.4, -0.2) is 70.5 Å². The minimum Gasteiger partial charge on any atom is -0.366 e. The highest BCUT2D eigenvalue weighted by atomic mass is 35.5. The molecule has 2 fully saturated rings. The van der Waals surface area contributed by atoms with Gasteiger partial charge in [-0.2, -0.15) is 0 Å². The van der Waals surface area contributed by atoms with Crippen molar-refractivity contribution in [3.63, 3.8) is 0 Å². The van der Waals surface area contributed by atoms with Crippen LogP contribution in [0, 0.1) is 0 Å². The van der Waals surface area contributed by atoms with Crippen molar-refractivity contribution in [2.45, 2.75) is 19.5 Å². The lowest BCUT2D eigenvalue weighted by Crippen LogP contribution is -2.56. The summed E-state index contributed by atoms with van der Waals surface area (Å²) in [6.07, 6.45) is 3.39. The number of carbonyl (C=O) groups excluding carboxylic acids is 3. The number of hydrogen-bond acceptors (Lipinski definition) is 6. The summed E-state index contributed by atoms with van der Waals surface area (Å²) in [4.78, 5) is 44.9. The maximum atomic E-state index is 12.8. The van der Waals surface area contributed by atoms with Crippen molar-refractivity contribution >= 4 is 46.7 Å². The summed E-state index contributed by atoms with van der Waals surface area (Å²) >= 11 is 12.6. The number of amides is 4. The van der Waals surface area contributed by atoms with Crippen molar-refractivity contribution in [2.24, 2.45) is 0 Å². The van der Waals surface area contributed by atoms with Gasteiger partial charge in [-0.25, -0.2) is 14.8 Å². The van der Waals surface area contributed by atoms with Crippen molar-refractivity contribution in [1.82, 2.24) is 25.2 Å². The Balaban J connectivity index is 1.23. The van der Waals surface area contributed by atoms with Crippen molar-refractivity contribution < 1.29 is 14.4 Å². The number of urea groups is 1. The van der Waals surface area contributed by atoms with Gasteiger partial charge in [0, 0.05) is 57.1 Å². The summed E-state index contributed by atoms with van der Waals surface area (Å²) in [5, 5.41) is 6.10. The van der Waals surface area contributed by atoms with Crippen molar-refractivity contribution in [2.75, 3.05) is 37.6 Å². The molecule has 1 aromatic heterocycles. The van der Waals surface area contributed by atoms with E-state index in [1.165, 1.54) is 10.0 Å². The van der Waals surface area contributed by atoms with Gasteiger partial charge in [0.15, 0.2) is 0 Å². The van der Waals surface area contributed by atoms with E-state index in [1.807, 2.05) is 18.2 Å². The molecule has 0 radical (unpaired) electrons. The number of hydrazine groups is 1. The van der Waals surface area contributed by atoms with Gasteiger partial charge in [-0.1, -0.05) is 35.3 Å². The molecule has 3 aliphatic heterocycles. The number of carbonyl (C=O) groups is 3. The van der Waals surface area contributed by atoms with Crippen LogP contribution in [-0.2, 0) is 17.9 Å². The molecule has 0 aliphatic carbocycles. The number of anilines is 1. The lowest BCUT2D eigenvalue weighted by Gasteiger charge is -2.36. The maximum absolute atomic E-state index is 12.8. The molecule has 4 heterocycles. The Bertz CT molecular complexity index is 1110. The zero-order chi connectivity index (χ0) is 23.1. The Morgan fingerprint density at radius 1 is 0.939 bits per heavy atom. The summed E-state index contributed by atoms with van der Waals surface area (Å²) in [6.45, 7) is 4.56. The van der Waals surface area contributed by atoms with Crippen molar-refractivity contribution in [3.8, 4) is 0 Å². The summed E-state index contributed by atoms with van der Waals surface area (Å²) in [6, 6.07) is 5.26. The summed E-state index contributed by atoms with van der Waals surface area (Å²) in [7, 11) is 0. The molecule has 4 amide bonds. The molecule has 9 nitrogen and oxygen atoms in total. The Morgan fingerprint density at radius 2 is 1.67 bits per heavy atom. The van der Waals surface area contributed by atoms with Crippen LogP contribution in [0.2, 0.25) is 10.0 Å². The molecular weight excluding hydrogens is 467 g/mol. The molecule has 1 aromatic carbocycles. The molecule has 0 bridgehead atoms. The third-order valence-electron chi connectivity index (χ3n) is 6.20. The topological polar surface area (TPSA) is 89.1 Å². The third kappa shape index (κ3) is 4.23. The number of piperazine rings is 1. The maximum Gasteiger partial charge on any atom is 0.342 e. The zero-order valence-electron chi connectivity index (χ0n) is 17.8. The number of benzene rings is 1. The van der Waals surface area contributed by atoms with Gasteiger partial charge in [0.05, 0.1) is 28.8 Å². The third-order valence-corrected chi connectivity index (χ3v) is 6.75. The fourth-order valence-corrected chi connectivity index (χ4v) is 5.14. The normalized spacial score (nSPS) is 19.2. The first-order valence-electron chi connectivity index (χ1n) is 10.7. The van der Waals surface area contributed by atoms with Gasteiger partial charge in [0.1, 0.15) is 0 Å². The van der Waals surface area contributed by atoms with Gasteiger partial charge in [0.25, 0.3) is 5.91 Å². The number of aromatic nitrogens is 1. The molecule has 2 saturated heterocycles. The quantitative estimate of drug-likeness (QED) is 0.711. The first-order chi connectivity index (χ1) is 15.9. The predicted molar refractivity (Wildman–Crippen MR) is 123 cm³/mol. The number of nitrogens with one attached hydrogen (secondary N) is 1. The summed E-state index contributed by atoms with van der Waals surface area (Å²) < 4.78 is 0. The molecule has 1 N–H and O–H groups in total. The van der Waals surface area contributed by atoms with E-state index in [0.717, 1.165) is 49.5 Å². The number of fused-ring (bicyclic) bond motifs is 1. The van der Waals surface area contributed by atoms with Crippen molar-refractivity contribution in [1.29, 1.82) is 0 Å². The molecule has 0 saturated carbocycles. The van der Waals surface area contributed by atoms with E-state index >= 15 is 0 Å². The molecule has 0 atom stereocenters. The fraction of sp³-hybridized carbons (Fsp3) is 0.364. The molecule has 11 heteroatoms. The largest absolute Gasteiger partial charge is 0.366 e. The molecular formula is C22H22Cl2N6O3.